The number of hydrogen-bond acceptors (Lipinski definition) is 4. The molecule has 0 bridgehead atoms. The van der Waals surface area contributed by atoms with Gasteiger partial charge in [-0.2, -0.15) is 5.26 Å². The van der Waals surface area contributed by atoms with Crippen LogP contribution in [0.5, 0.6) is 0 Å². The van der Waals surface area contributed by atoms with Crippen molar-refractivity contribution in [3.63, 3.8) is 0 Å². The van der Waals surface area contributed by atoms with Gasteiger partial charge in [-0.25, -0.2) is 4.39 Å². The number of pyridine rings is 1. The van der Waals surface area contributed by atoms with Crippen molar-refractivity contribution in [2.24, 2.45) is 0 Å². The number of nitrogens with zero attached hydrogens (tertiary/aromatic N) is 2. The Morgan fingerprint density at radius 2 is 2.50 bits per heavy atom. The van der Waals surface area contributed by atoms with E-state index in [4.69, 9.17) is 5.26 Å². The van der Waals surface area contributed by atoms with Gasteiger partial charge >= 0.3 is 0 Å². The maximum atomic E-state index is 13.0. The molecular weight excluding hydrogens is 255 g/mol. The molecule has 1 aromatic heterocycles. The van der Waals surface area contributed by atoms with Crippen LogP contribution < -0.4 is 10.6 Å². The Bertz CT molecular complexity index is 509. The van der Waals surface area contributed by atoms with Gasteiger partial charge in [0.05, 0.1) is 5.56 Å². The smallest absolute Gasteiger partial charge is 0.114 e. The molecule has 106 valence electrons. The second-order valence-corrected chi connectivity index (χ2v) is 5.01. The van der Waals surface area contributed by atoms with Crippen molar-refractivity contribution in [1.82, 2.24) is 15.6 Å². The summed E-state index contributed by atoms with van der Waals surface area (Å²) in [5.74, 6) is 0. The van der Waals surface area contributed by atoms with Crippen LogP contribution in [-0.4, -0.2) is 30.3 Å². The molecular formula is C15H19FN4. The highest BCUT2D eigenvalue weighted by molar-refractivity contribution is 5.36. The second kappa shape index (κ2) is 7.13. The summed E-state index contributed by atoms with van der Waals surface area (Å²) in [6.45, 7) is 5.41. The van der Waals surface area contributed by atoms with Crippen molar-refractivity contribution >= 4 is 0 Å². The van der Waals surface area contributed by atoms with E-state index >= 15 is 0 Å². The van der Waals surface area contributed by atoms with Crippen LogP contribution in [0.25, 0.3) is 0 Å². The Morgan fingerprint density at radius 3 is 3.15 bits per heavy atom. The fourth-order valence-electron chi connectivity index (χ4n) is 2.36. The van der Waals surface area contributed by atoms with Crippen molar-refractivity contribution in [1.29, 1.82) is 5.26 Å². The monoisotopic (exact) mass is 274 g/mol. The molecule has 4 nitrogen and oxygen atoms in total. The maximum Gasteiger partial charge on any atom is 0.114 e. The second-order valence-electron chi connectivity index (χ2n) is 5.01. The minimum absolute atomic E-state index is 0.171. The minimum atomic E-state index is -0.739. The molecule has 0 saturated carbocycles. The van der Waals surface area contributed by atoms with Gasteiger partial charge in [-0.3, -0.25) is 4.98 Å². The minimum Gasteiger partial charge on any atom is -0.311 e. The van der Waals surface area contributed by atoms with Crippen LogP contribution in [0.4, 0.5) is 4.39 Å². The molecule has 1 aliphatic heterocycles. The van der Waals surface area contributed by atoms with Crippen LogP contribution in [0.1, 0.15) is 23.2 Å². The van der Waals surface area contributed by atoms with Crippen molar-refractivity contribution < 1.29 is 4.39 Å². The van der Waals surface area contributed by atoms with Gasteiger partial charge in [-0.05, 0) is 18.1 Å². The van der Waals surface area contributed by atoms with Crippen molar-refractivity contribution in [2.45, 2.75) is 31.6 Å². The highest BCUT2D eigenvalue weighted by Crippen LogP contribution is 2.11. The number of halogens is 1. The third-order valence-electron chi connectivity index (χ3n) is 3.39. The van der Waals surface area contributed by atoms with E-state index in [1.54, 1.807) is 12.3 Å². The van der Waals surface area contributed by atoms with Crippen LogP contribution in [-0.2, 0) is 13.0 Å². The zero-order chi connectivity index (χ0) is 14.4. The van der Waals surface area contributed by atoms with E-state index in [9.17, 15) is 4.39 Å². The summed E-state index contributed by atoms with van der Waals surface area (Å²) < 4.78 is 13.0. The molecule has 20 heavy (non-hydrogen) atoms. The summed E-state index contributed by atoms with van der Waals surface area (Å²) in [6.07, 6.45) is 3.89. The van der Waals surface area contributed by atoms with E-state index in [1.807, 2.05) is 6.07 Å². The highest BCUT2D eigenvalue weighted by atomic mass is 19.1. The molecule has 2 N–H and O–H groups in total. The molecule has 2 rings (SSSR count). The maximum absolute atomic E-state index is 13.0. The number of aromatic nitrogens is 1. The normalized spacial score (nSPS) is 21.6. The summed E-state index contributed by atoms with van der Waals surface area (Å²) in [5, 5.41) is 15.5. The van der Waals surface area contributed by atoms with Gasteiger partial charge in [0.15, 0.2) is 0 Å². The van der Waals surface area contributed by atoms with E-state index in [-0.39, 0.29) is 6.04 Å². The number of nitriles is 1. The Labute approximate surface area is 118 Å². The summed E-state index contributed by atoms with van der Waals surface area (Å²) in [7, 11) is 0. The van der Waals surface area contributed by atoms with Gasteiger partial charge in [-0.15, -0.1) is 6.58 Å². The quantitative estimate of drug-likeness (QED) is 0.771. The fourth-order valence-corrected chi connectivity index (χ4v) is 2.36. The van der Waals surface area contributed by atoms with Crippen molar-refractivity contribution in [2.75, 3.05) is 13.1 Å². The average molecular weight is 274 g/mol. The lowest BCUT2D eigenvalue weighted by Gasteiger charge is -2.12. The average Bonchev–Trinajstić information content (AvgIpc) is 2.85. The Morgan fingerprint density at radius 1 is 1.65 bits per heavy atom. The summed E-state index contributed by atoms with van der Waals surface area (Å²) in [4.78, 5) is 4.21. The van der Waals surface area contributed by atoms with Crippen LogP contribution in [0.3, 0.4) is 0 Å². The van der Waals surface area contributed by atoms with Gasteiger partial charge in [0.1, 0.15) is 12.2 Å². The molecule has 1 unspecified atom stereocenters. The molecule has 1 saturated heterocycles. The third-order valence-corrected chi connectivity index (χ3v) is 3.39. The molecule has 5 heteroatoms. The third kappa shape index (κ3) is 3.86. The predicted octanol–water partition coefficient (Wildman–Crippen LogP) is 1.47. The number of nitrogens with one attached hydrogen (secondary N) is 2. The fraction of sp³-hybridized carbons (Fsp3) is 0.467. The molecule has 1 fully saturated rings. The predicted molar refractivity (Wildman–Crippen MR) is 75.9 cm³/mol. The van der Waals surface area contributed by atoms with Gasteiger partial charge in [-0.1, -0.05) is 6.08 Å². The van der Waals surface area contributed by atoms with Gasteiger partial charge in [0.25, 0.3) is 0 Å². The van der Waals surface area contributed by atoms with Crippen molar-refractivity contribution in [3.05, 3.63) is 41.7 Å². The van der Waals surface area contributed by atoms with E-state index in [0.717, 1.165) is 11.3 Å². The van der Waals surface area contributed by atoms with Crippen LogP contribution in [0.2, 0.25) is 0 Å². The topological polar surface area (TPSA) is 60.7 Å². The molecule has 0 spiro atoms. The first-order valence-electron chi connectivity index (χ1n) is 6.80. The SMILES string of the molecule is C=CCc1cc(CNCC2C[C@@H](F)CN2)c(C#N)cn1. The molecule has 1 aromatic rings. The Hall–Kier alpha value is -1.77. The molecule has 2 heterocycles. The van der Waals surface area contributed by atoms with Crippen molar-refractivity contribution in [3.8, 4) is 6.07 Å². The number of allylic oxidation sites excluding steroid dienone is 1. The first-order valence-corrected chi connectivity index (χ1v) is 6.80. The number of rotatable bonds is 6. The standard InChI is InChI=1S/C15H19FN4/c1-2-3-14-4-11(12(6-17)8-19-14)7-18-10-15-5-13(16)9-20-15/h2,4,8,13,15,18,20H,1,3,5,7,9-10H2/t13-,15?/m1/s1. The largest absolute Gasteiger partial charge is 0.311 e. The summed E-state index contributed by atoms with van der Waals surface area (Å²) in [5.41, 5.74) is 2.40. The zero-order valence-electron chi connectivity index (χ0n) is 11.4. The van der Waals surface area contributed by atoms with E-state index in [1.165, 1.54) is 0 Å². The Balaban J connectivity index is 1.92. The highest BCUT2D eigenvalue weighted by Gasteiger charge is 2.22. The van der Waals surface area contributed by atoms with E-state index < -0.39 is 6.17 Å². The lowest BCUT2D eigenvalue weighted by atomic mass is 10.1. The molecule has 0 amide bonds. The molecule has 0 aliphatic carbocycles. The van der Waals surface area contributed by atoms with Gasteiger partial charge in [0, 0.05) is 44.0 Å². The zero-order valence-corrected chi connectivity index (χ0v) is 11.4. The Kier molecular flexibility index (Phi) is 5.22. The van der Waals surface area contributed by atoms with Gasteiger partial charge in [0.2, 0.25) is 0 Å². The summed E-state index contributed by atoms with van der Waals surface area (Å²) in [6, 6.07) is 4.24. The summed E-state index contributed by atoms with van der Waals surface area (Å²) >= 11 is 0. The van der Waals surface area contributed by atoms with Crippen LogP contribution >= 0.6 is 0 Å². The molecule has 2 atom stereocenters. The molecule has 0 aromatic carbocycles. The molecule has 0 radical (unpaired) electrons. The lowest BCUT2D eigenvalue weighted by Crippen LogP contribution is -2.33. The lowest BCUT2D eigenvalue weighted by molar-refractivity contribution is 0.354. The van der Waals surface area contributed by atoms with E-state index in [2.05, 4.69) is 28.3 Å². The van der Waals surface area contributed by atoms with Crippen LogP contribution in [0.15, 0.2) is 24.9 Å². The first-order chi connectivity index (χ1) is 9.72. The van der Waals surface area contributed by atoms with Gasteiger partial charge < -0.3 is 10.6 Å². The molecule has 1 aliphatic rings. The number of hydrogen-bond donors (Lipinski definition) is 2. The first kappa shape index (κ1) is 14.6. The number of alkyl halides is 1. The van der Waals surface area contributed by atoms with E-state index in [0.29, 0.717) is 38.0 Å². The van der Waals surface area contributed by atoms with Crippen LogP contribution in [0, 0.1) is 11.3 Å².